The molecule has 10 heteroatoms. The smallest absolute Gasteiger partial charge is 0.278 e. The van der Waals surface area contributed by atoms with Gasteiger partial charge in [0.1, 0.15) is 17.5 Å². The van der Waals surface area contributed by atoms with Crippen molar-refractivity contribution in [2.24, 2.45) is 0 Å². The Bertz CT molecular complexity index is 1500. The number of rotatable bonds is 4. The third-order valence-corrected chi connectivity index (χ3v) is 5.92. The zero-order valence-electron chi connectivity index (χ0n) is 16.8. The van der Waals surface area contributed by atoms with Gasteiger partial charge in [-0.25, -0.2) is 4.98 Å². The minimum absolute atomic E-state index is 0.0638. The normalized spacial score (nSPS) is 16.3. The van der Waals surface area contributed by atoms with Crippen molar-refractivity contribution in [3.05, 3.63) is 75.9 Å². The number of benzene rings is 1. The van der Waals surface area contributed by atoms with Gasteiger partial charge in [0.05, 0.1) is 35.8 Å². The molecule has 9 nitrogen and oxygen atoms in total. The van der Waals surface area contributed by atoms with E-state index in [9.17, 15) is 4.79 Å². The molecule has 0 N–H and O–H groups in total. The van der Waals surface area contributed by atoms with Crippen LogP contribution in [-0.2, 0) is 11.3 Å². The van der Waals surface area contributed by atoms with Crippen LogP contribution in [0.2, 0.25) is 5.02 Å². The van der Waals surface area contributed by atoms with Crippen molar-refractivity contribution >= 4 is 28.2 Å². The first-order chi connectivity index (χ1) is 15.7. The molecule has 0 saturated carbocycles. The number of hydrogen-bond donors (Lipinski definition) is 0. The lowest BCUT2D eigenvalue weighted by molar-refractivity contribution is 0.189. The SMILES string of the molecule is O=c1c2c(-c3noc(C4CCOC4)n3)ncn2c2ccc(Cl)cc2n1Cc1ccccn1. The molecule has 32 heavy (non-hydrogen) atoms. The van der Waals surface area contributed by atoms with E-state index < -0.39 is 0 Å². The van der Waals surface area contributed by atoms with Crippen molar-refractivity contribution in [1.82, 2.24) is 29.1 Å². The Hall–Kier alpha value is -3.56. The average Bonchev–Trinajstić information content (AvgIpc) is 3.57. The van der Waals surface area contributed by atoms with Crippen LogP contribution < -0.4 is 5.56 Å². The van der Waals surface area contributed by atoms with Crippen LogP contribution in [0.1, 0.15) is 23.9 Å². The first kappa shape index (κ1) is 19.1. The van der Waals surface area contributed by atoms with Gasteiger partial charge in [-0.2, -0.15) is 4.98 Å². The molecular weight excluding hydrogens is 432 g/mol. The minimum atomic E-state index is -0.242. The maximum atomic E-state index is 13.7. The highest BCUT2D eigenvalue weighted by Gasteiger charge is 2.26. The largest absolute Gasteiger partial charge is 0.381 e. The van der Waals surface area contributed by atoms with Gasteiger partial charge >= 0.3 is 0 Å². The molecule has 1 atom stereocenters. The van der Waals surface area contributed by atoms with Crippen molar-refractivity contribution in [2.45, 2.75) is 18.9 Å². The van der Waals surface area contributed by atoms with E-state index in [2.05, 4.69) is 20.1 Å². The lowest BCUT2D eigenvalue weighted by Crippen LogP contribution is -2.24. The summed E-state index contributed by atoms with van der Waals surface area (Å²) in [5, 5.41) is 4.64. The summed E-state index contributed by atoms with van der Waals surface area (Å²) in [6, 6.07) is 11.0. The molecule has 0 radical (unpaired) electrons. The zero-order chi connectivity index (χ0) is 21.7. The molecule has 1 aliphatic rings. The Kier molecular flexibility index (Phi) is 4.51. The molecule has 0 aliphatic carbocycles. The standard InChI is InChI=1S/C22H17ClN6O3/c23-14-4-5-16-17(9-14)28(10-15-3-1-2-7-24-15)22(30)19-18(25-12-29(16)19)20-26-21(32-27-20)13-6-8-31-11-13/h1-5,7,9,12-13H,6,8,10-11H2. The van der Waals surface area contributed by atoms with Crippen LogP contribution in [0, 0.1) is 0 Å². The van der Waals surface area contributed by atoms with Crippen molar-refractivity contribution < 1.29 is 9.26 Å². The molecule has 0 amide bonds. The Morgan fingerprint density at radius 1 is 1.16 bits per heavy atom. The van der Waals surface area contributed by atoms with Gasteiger partial charge in [-0.1, -0.05) is 22.8 Å². The molecule has 0 spiro atoms. The Balaban J connectivity index is 1.57. The first-order valence-corrected chi connectivity index (χ1v) is 10.6. The zero-order valence-corrected chi connectivity index (χ0v) is 17.6. The summed E-state index contributed by atoms with van der Waals surface area (Å²) in [5.41, 5.74) is 2.72. The molecule has 5 heterocycles. The number of aromatic nitrogens is 6. The summed E-state index contributed by atoms with van der Waals surface area (Å²) in [5.74, 6) is 0.846. The van der Waals surface area contributed by atoms with Crippen LogP contribution in [0.4, 0.5) is 0 Å². The van der Waals surface area contributed by atoms with Gasteiger partial charge < -0.3 is 9.26 Å². The quantitative estimate of drug-likeness (QED) is 0.415. The maximum Gasteiger partial charge on any atom is 0.278 e. The highest BCUT2D eigenvalue weighted by atomic mass is 35.5. The van der Waals surface area contributed by atoms with Gasteiger partial charge in [0, 0.05) is 17.8 Å². The molecule has 160 valence electrons. The van der Waals surface area contributed by atoms with Gasteiger partial charge in [0.2, 0.25) is 11.7 Å². The second-order valence-corrected chi connectivity index (χ2v) is 8.11. The molecule has 1 aromatic carbocycles. The van der Waals surface area contributed by atoms with Crippen LogP contribution in [0.25, 0.3) is 28.1 Å². The summed E-state index contributed by atoms with van der Waals surface area (Å²) in [6.07, 6.45) is 4.13. The Morgan fingerprint density at radius 3 is 2.91 bits per heavy atom. The predicted molar refractivity (Wildman–Crippen MR) is 117 cm³/mol. The van der Waals surface area contributed by atoms with Crippen molar-refractivity contribution in [3.63, 3.8) is 0 Å². The fraction of sp³-hybridized carbons (Fsp3) is 0.227. The van der Waals surface area contributed by atoms with Crippen LogP contribution in [0.3, 0.4) is 0 Å². The molecule has 6 rings (SSSR count). The second-order valence-electron chi connectivity index (χ2n) is 7.67. The summed E-state index contributed by atoms with van der Waals surface area (Å²) >= 11 is 6.26. The van der Waals surface area contributed by atoms with Gasteiger partial charge in [-0.05, 0) is 36.8 Å². The third kappa shape index (κ3) is 3.09. The van der Waals surface area contributed by atoms with Gasteiger partial charge in [-0.3, -0.25) is 18.7 Å². The minimum Gasteiger partial charge on any atom is -0.381 e. The van der Waals surface area contributed by atoms with E-state index in [1.165, 1.54) is 0 Å². The van der Waals surface area contributed by atoms with E-state index in [-0.39, 0.29) is 23.8 Å². The summed E-state index contributed by atoms with van der Waals surface area (Å²) in [4.78, 5) is 27.1. The monoisotopic (exact) mass is 448 g/mol. The van der Waals surface area contributed by atoms with Crippen LogP contribution in [-0.4, -0.2) is 42.3 Å². The Labute approximate surface area is 186 Å². The highest BCUT2D eigenvalue weighted by Crippen LogP contribution is 2.28. The molecular formula is C22H17ClN6O3. The van der Waals surface area contributed by atoms with Gasteiger partial charge in [-0.15, -0.1) is 0 Å². The van der Waals surface area contributed by atoms with E-state index in [4.69, 9.17) is 20.9 Å². The van der Waals surface area contributed by atoms with E-state index >= 15 is 0 Å². The lowest BCUT2D eigenvalue weighted by Gasteiger charge is -2.12. The van der Waals surface area contributed by atoms with Gasteiger partial charge in [0.15, 0.2) is 0 Å². The van der Waals surface area contributed by atoms with Gasteiger partial charge in [0.25, 0.3) is 5.56 Å². The van der Waals surface area contributed by atoms with Crippen LogP contribution in [0.15, 0.2) is 58.2 Å². The fourth-order valence-electron chi connectivity index (χ4n) is 4.09. The van der Waals surface area contributed by atoms with E-state index in [1.807, 2.05) is 24.3 Å². The third-order valence-electron chi connectivity index (χ3n) is 5.68. The average molecular weight is 449 g/mol. The number of fused-ring (bicyclic) bond motifs is 3. The van der Waals surface area contributed by atoms with E-state index in [0.29, 0.717) is 40.9 Å². The van der Waals surface area contributed by atoms with Crippen LogP contribution >= 0.6 is 11.6 Å². The highest BCUT2D eigenvalue weighted by molar-refractivity contribution is 6.31. The summed E-state index contributed by atoms with van der Waals surface area (Å²) in [6.45, 7) is 1.50. The van der Waals surface area contributed by atoms with Crippen molar-refractivity contribution in [2.75, 3.05) is 13.2 Å². The summed E-state index contributed by atoms with van der Waals surface area (Å²) < 4.78 is 14.3. The lowest BCUT2D eigenvalue weighted by atomic mass is 10.1. The molecule has 1 aliphatic heterocycles. The number of imidazole rings is 1. The van der Waals surface area contributed by atoms with Crippen LogP contribution in [0.5, 0.6) is 0 Å². The number of pyridine rings is 1. The molecule has 1 saturated heterocycles. The summed E-state index contributed by atoms with van der Waals surface area (Å²) in [7, 11) is 0. The fourth-order valence-corrected chi connectivity index (χ4v) is 4.26. The molecule has 0 bridgehead atoms. The topological polar surface area (TPSA) is 100 Å². The predicted octanol–water partition coefficient (Wildman–Crippen LogP) is 3.30. The number of hydrogen-bond acceptors (Lipinski definition) is 7. The Morgan fingerprint density at radius 2 is 2.09 bits per heavy atom. The molecule has 5 aromatic rings. The first-order valence-electron chi connectivity index (χ1n) is 10.2. The number of ether oxygens (including phenoxy) is 1. The number of halogens is 1. The maximum absolute atomic E-state index is 13.7. The van der Waals surface area contributed by atoms with E-state index in [1.54, 1.807) is 33.6 Å². The molecule has 4 aromatic heterocycles. The number of nitrogens with zero attached hydrogens (tertiary/aromatic N) is 6. The van der Waals surface area contributed by atoms with E-state index in [0.717, 1.165) is 17.6 Å². The molecule has 1 unspecified atom stereocenters. The second kappa shape index (κ2) is 7.54. The van der Waals surface area contributed by atoms with Crippen molar-refractivity contribution in [1.29, 1.82) is 0 Å². The van der Waals surface area contributed by atoms with Crippen molar-refractivity contribution in [3.8, 4) is 11.5 Å². The molecule has 1 fully saturated rings.